The molecule has 0 N–H and O–H groups in total. The highest BCUT2D eigenvalue weighted by molar-refractivity contribution is 6.15. The molecule has 0 unspecified atom stereocenters. The van der Waals surface area contributed by atoms with Crippen molar-refractivity contribution in [1.82, 2.24) is 4.98 Å². The normalized spacial score (nSPS) is 12.2. The molecule has 0 saturated heterocycles. The average molecular weight is 222 g/mol. The van der Waals surface area contributed by atoms with Gasteiger partial charge in [-0.3, -0.25) is 4.98 Å². The second-order valence-corrected chi connectivity index (χ2v) is 3.34. The Morgan fingerprint density at radius 3 is 2.65 bits per heavy atom. The highest BCUT2D eigenvalue weighted by Gasteiger charge is 2.07. The zero-order valence-corrected chi connectivity index (χ0v) is 10.0. The van der Waals surface area contributed by atoms with Gasteiger partial charge in [0.05, 0.1) is 17.6 Å². The number of nitrogens with zero attached hydrogens (tertiary/aromatic N) is 2. The molecule has 0 aliphatic carbocycles. The number of benzene rings is 1. The summed E-state index contributed by atoms with van der Waals surface area (Å²) in [6.07, 6.45) is 5.33. The lowest BCUT2D eigenvalue weighted by atomic mass is 10.1. The molecule has 0 spiro atoms. The van der Waals surface area contributed by atoms with Gasteiger partial charge in [-0.2, -0.15) is 0 Å². The fraction of sp³-hybridized carbons (Fsp3) is 0.133. The standard InChI is InChI=1S/C13H8N2.C2H6/c1-2-5-11-10(4-1)7-9-15-13(11)12-6-3-8-14-12;1-2/h1-2,4-9H;1-2H3. The van der Waals surface area contributed by atoms with Crippen LogP contribution in [0.1, 0.15) is 19.5 Å². The van der Waals surface area contributed by atoms with Gasteiger partial charge in [-0.05, 0) is 11.5 Å². The Morgan fingerprint density at radius 2 is 1.88 bits per heavy atom. The topological polar surface area (TPSA) is 25.2 Å². The summed E-state index contributed by atoms with van der Waals surface area (Å²) in [7, 11) is 0. The van der Waals surface area contributed by atoms with E-state index in [1.54, 1.807) is 6.20 Å². The number of hydrogen-bond donors (Lipinski definition) is 0. The van der Waals surface area contributed by atoms with Gasteiger partial charge in [0.2, 0.25) is 0 Å². The first kappa shape index (κ1) is 11.3. The van der Waals surface area contributed by atoms with Crippen LogP contribution < -0.4 is 0 Å². The van der Waals surface area contributed by atoms with Crippen LogP contribution in [0.25, 0.3) is 10.8 Å². The Morgan fingerprint density at radius 1 is 1.06 bits per heavy atom. The van der Waals surface area contributed by atoms with Crippen molar-refractivity contribution >= 4 is 16.5 Å². The minimum Gasteiger partial charge on any atom is -0.254 e. The predicted octanol–water partition coefficient (Wildman–Crippen LogP) is 3.73. The maximum atomic E-state index is 4.37. The van der Waals surface area contributed by atoms with Gasteiger partial charge < -0.3 is 0 Å². The molecule has 1 aromatic carbocycles. The molecule has 0 amide bonds. The molecule has 0 bridgehead atoms. The zero-order valence-electron chi connectivity index (χ0n) is 10.0. The molecule has 2 nitrogen and oxygen atoms in total. The van der Waals surface area contributed by atoms with Crippen molar-refractivity contribution < 1.29 is 0 Å². The average Bonchev–Trinajstić information content (AvgIpc) is 2.94. The van der Waals surface area contributed by atoms with Crippen LogP contribution in [0.3, 0.4) is 0 Å². The smallest absolute Gasteiger partial charge is 0.0977 e. The van der Waals surface area contributed by atoms with E-state index >= 15 is 0 Å². The predicted molar refractivity (Wildman–Crippen MR) is 72.3 cm³/mol. The Kier molecular flexibility index (Phi) is 3.49. The van der Waals surface area contributed by atoms with Crippen LogP contribution in [-0.4, -0.2) is 10.7 Å². The summed E-state index contributed by atoms with van der Waals surface area (Å²) in [5.74, 6) is 0. The SMILES string of the molecule is C1=CN=C(c2nccc3ccccc23)C=1.CC. The van der Waals surface area contributed by atoms with E-state index in [1.807, 2.05) is 44.3 Å². The van der Waals surface area contributed by atoms with Crippen molar-refractivity contribution in [2.75, 3.05) is 0 Å². The van der Waals surface area contributed by atoms with E-state index in [9.17, 15) is 0 Å². The van der Waals surface area contributed by atoms with Crippen LogP contribution in [0.2, 0.25) is 0 Å². The first-order chi connectivity index (χ1) is 8.45. The molecule has 3 rings (SSSR count). The summed E-state index contributed by atoms with van der Waals surface area (Å²) in [5.41, 5.74) is 4.75. The van der Waals surface area contributed by atoms with Crippen molar-refractivity contribution in [3.8, 4) is 0 Å². The van der Waals surface area contributed by atoms with Gasteiger partial charge in [0.25, 0.3) is 0 Å². The molecule has 1 aliphatic heterocycles. The first-order valence-corrected chi connectivity index (χ1v) is 5.78. The van der Waals surface area contributed by atoms with Crippen molar-refractivity contribution in [1.29, 1.82) is 0 Å². The molecule has 17 heavy (non-hydrogen) atoms. The van der Waals surface area contributed by atoms with E-state index in [1.165, 1.54) is 5.39 Å². The number of allylic oxidation sites excluding steroid dienone is 1. The van der Waals surface area contributed by atoms with Crippen molar-refractivity contribution in [3.05, 3.63) is 60.2 Å². The van der Waals surface area contributed by atoms with Gasteiger partial charge in [0, 0.05) is 17.7 Å². The van der Waals surface area contributed by atoms with E-state index in [4.69, 9.17) is 0 Å². The van der Waals surface area contributed by atoms with E-state index in [-0.39, 0.29) is 0 Å². The maximum Gasteiger partial charge on any atom is 0.0977 e. The lowest BCUT2D eigenvalue weighted by molar-refractivity contribution is 1.32. The van der Waals surface area contributed by atoms with Gasteiger partial charge in [0.15, 0.2) is 0 Å². The minimum atomic E-state index is 0.881. The Bertz CT molecular complexity index is 612. The van der Waals surface area contributed by atoms with Gasteiger partial charge in [0.1, 0.15) is 0 Å². The molecule has 2 heteroatoms. The monoisotopic (exact) mass is 222 g/mol. The van der Waals surface area contributed by atoms with E-state index in [0.29, 0.717) is 0 Å². The van der Waals surface area contributed by atoms with Crippen molar-refractivity contribution in [3.63, 3.8) is 0 Å². The molecule has 0 atom stereocenters. The van der Waals surface area contributed by atoms with Crippen LogP contribution in [0, 0.1) is 0 Å². The second-order valence-electron chi connectivity index (χ2n) is 3.34. The summed E-state index contributed by atoms with van der Waals surface area (Å²) >= 11 is 0. The summed E-state index contributed by atoms with van der Waals surface area (Å²) in [6, 6.07) is 10.2. The third-order valence-electron chi connectivity index (χ3n) is 2.41. The van der Waals surface area contributed by atoms with Crippen molar-refractivity contribution in [2.24, 2.45) is 4.99 Å². The molecule has 2 heterocycles. The van der Waals surface area contributed by atoms with Crippen LogP contribution in [0.5, 0.6) is 0 Å². The highest BCUT2D eigenvalue weighted by atomic mass is 14.8. The largest absolute Gasteiger partial charge is 0.254 e. The molecule has 0 fully saturated rings. The third-order valence-corrected chi connectivity index (χ3v) is 2.41. The molecule has 0 saturated carbocycles. The lowest BCUT2D eigenvalue weighted by Crippen LogP contribution is -1.98. The summed E-state index contributed by atoms with van der Waals surface area (Å²) < 4.78 is 0. The summed E-state index contributed by atoms with van der Waals surface area (Å²) in [4.78, 5) is 8.59. The Labute approximate surface area is 101 Å². The second kappa shape index (κ2) is 5.24. The van der Waals surface area contributed by atoms with Crippen LogP contribution in [-0.2, 0) is 0 Å². The minimum absolute atomic E-state index is 0.881. The van der Waals surface area contributed by atoms with E-state index in [0.717, 1.165) is 16.8 Å². The number of aromatic nitrogens is 1. The van der Waals surface area contributed by atoms with Crippen molar-refractivity contribution in [2.45, 2.75) is 13.8 Å². The molecule has 84 valence electrons. The number of fused-ring (bicyclic) bond motifs is 1. The Balaban J connectivity index is 0.000000514. The van der Waals surface area contributed by atoms with Crippen LogP contribution in [0.4, 0.5) is 0 Å². The van der Waals surface area contributed by atoms with Crippen LogP contribution in [0.15, 0.2) is 59.5 Å². The zero-order chi connectivity index (χ0) is 12.1. The molecule has 2 aromatic rings. The molecule has 1 aromatic heterocycles. The number of rotatable bonds is 1. The molecular formula is C15H14N2. The van der Waals surface area contributed by atoms with Gasteiger partial charge in [-0.15, -0.1) is 0 Å². The van der Waals surface area contributed by atoms with Gasteiger partial charge in [-0.1, -0.05) is 43.8 Å². The fourth-order valence-electron chi connectivity index (χ4n) is 1.71. The molecule has 0 radical (unpaired) electrons. The summed E-state index contributed by atoms with van der Waals surface area (Å²) in [5, 5.41) is 2.32. The fourth-order valence-corrected chi connectivity index (χ4v) is 1.71. The van der Waals surface area contributed by atoms with Crippen LogP contribution >= 0.6 is 0 Å². The third kappa shape index (κ3) is 2.17. The first-order valence-electron chi connectivity index (χ1n) is 5.78. The number of hydrogen-bond acceptors (Lipinski definition) is 2. The van der Waals surface area contributed by atoms with E-state index < -0.39 is 0 Å². The van der Waals surface area contributed by atoms with Gasteiger partial charge in [-0.25, -0.2) is 4.99 Å². The quantitative estimate of drug-likeness (QED) is 0.675. The van der Waals surface area contributed by atoms with E-state index in [2.05, 4.69) is 27.8 Å². The lowest BCUT2D eigenvalue weighted by Gasteiger charge is -2.02. The van der Waals surface area contributed by atoms with Gasteiger partial charge >= 0.3 is 0 Å². The molecule has 1 aliphatic rings. The number of aliphatic imine (C=N–C) groups is 1. The molecular weight excluding hydrogens is 208 g/mol. The summed E-state index contributed by atoms with van der Waals surface area (Å²) in [6.45, 7) is 4.00. The highest BCUT2D eigenvalue weighted by Crippen LogP contribution is 2.18. The Hall–Kier alpha value is -2.18. The number of pyridine rings is 1. The maximum absolute atomic E-state index is 4.37.